The van der Waals surface area contributed by atoms with E-state index >= 15 is 0 Å². The van der Waals surface area contributed by atoms with E-state index in [0.717, 1.165) is 40.6 Å². The molecule has 4 heterocycles. The highest BCUT2D eigenvalue weighted by molar-refractivity contribution is 6.02. The summed E-state index contributed by atoms with van der Waals surface area (Å²) < 4.78 is 18.8. The predicted octanol–water partition coefficient (Wildman–Crippen LogP) is 5.29. The standard InChI is InChI=1S/C77H81N11O20/c1-42(2)68(87-70(99)58(29-30-64(90)91)83-73(102)59(36-65(92)93)80-43(3)89)74(103)85-61(38-67(96)97)72(101)82-45-26-28-56-63(35-45)107-62-34-44(25-27-55(62)77(56)54-23-9-8-22-52(54)75(104)108-77)81-71(100)60(37-66(94)95)84-69(98)57(24-12-15-33-88(39-46-16-10-13-31-78-46)40-47-17-11-14-32-79-47)86-76(105)106-41-53-50-20-6-4-18-48(50)49-19-5-7-21-51(49)53/h4-11,13-14,16-23,25-26,28,31-32,34-35,42,53,55,57-61,68H,12,15,24,27,29-30,33,36-41H2,1-3H3,(H,80,89)(H,81,100)(H,82,101)(H,83,102)(H,84,98)(H,85,103)(H,86,105)(H,87,99)(H,90,91)(H,92,93)(H,94,95)(H,96,97)/t55?,57-,58-,59-,60-,61-,68-,77?/m0/s1. The Morgan fingerprint density at radius 3 is 1.69 bits per heavy atom. The van der Waals surface area contributed by atoms with Crippen LogP contribution in [0.15, 0.2) is 163 Å². The van der Waals surface area contributed by atoms with Crippen LogP contribution in [0.4, 0.5) is 10.5 Å². The molecule has 8 atom stereocenters. The molecule has 108 heavy (non-hydrogen) atoms. The van der Waals surface area contributed by atoms with Crippen molar-refractivity contribution in [3.05, 3.63) is 203 Å². The summed E-state index contributed by atoms with van der Waals surface area (Å²) >= 11 is 0. The van der Waals surface area contributed by atoms with Crippen LogP contribution in [0.1, 0.15) is 128 Å². The van der Waals surface area contributed by atoms with Crippen LogP contribution in [-0.2, 0) is 80.9 Å². The number of amides is 8. The van der Waals surface area contributed by atoms with Crippen molar-refractivity contribution >= 4 is 83.0 Å². The Bertz CT molecular complexity index is 4410. The number of esters is 1. The van der Waals surface area contributed by atoms with Crippen LogP contribution in [0.2, 0.25) is 0 Å². The maximum absolute atomic E-state index is 14.7. The summed E-state index contributed by atoms with van der Waals surface area (Å²) in [6, 6.07) is 27.6. The number of carbonyl (C=O) groups is 13. The van der Waals surface area contributed by atoms with Crippen LogP contribution in [0, 0.1) is 11.8 Å². The fourth-order valence-corrected chi connectivity index (χ4v) is 13.6. The van der Waals surface area contributed by atoms with Crippen molar-refractivity contribution < 1.29 is 97.0 Å². The first-order chi connectivity index (χ1) is 51.7. The number of alkyl carbamates (subject to hydrolysis) is 1. The number of hydrogen-bond acceptors (Lipinski definition) is 19. The number of aromatic nitrogens is 2. The second-order valence-corrected chi connectivity index (χ2v) is 26.7. The molecule has 10 rings (SSSR count). The van der Waals surface area contributed by atoms with E-state index in [1.165, 1.54) is 38.1 Å². The summed E-state index contributed by atoms with van der Waals surface area (Å²) in [5.74, 6) is -15.7. The number of carboxylic acid groups (broad SMARTS) is 4. The van der Waals surface area contributed by atoms with Crippen LogP contribution in [-0.4, -0.2) is 162 Å². The number of anilines is 1. The van der Waals surface area contributed by atoms with Gasteiger partial charge in [-0.05, 0) is 109 Å². The van der Waals surface area contributed by atoms with Gasteiger partial charge in [-0.15, -0.1) is 0 Å². The quantitative estimate of drug-likeness (QED) is 0.0177. The summed E-state index contributed by atoms with van der Waals surface area (Å²) in [6.45, 7) is 5.32. The van der Waals surface area contributed by atoms with Gasteiger partial charge in [0, 0.05) is 79.4 Å². The molecular formula is C77H81N11O20. The molecule has 0 saturated heterocycles. The topological polar surface area (TPSA) is 456 Å². The molecule has 12 N–H and O–H groups in total. The number of nitrogens with zero attached hydrogens (tertiary/aromatic N) is 3. The lowest BCUT2D eigenvalue weighted by molar-refractivity contribution is -0.142. The van der Waals surface area contributed by atoms with Crippen LogP contribution < -0.4 is 47.3 Å². The molecular weight excluding hydrogens is 1400 g/mol. The molecule has 8 amide bonds. The molecule has 4 aromatic carbocycles. The zero-order valence-corrected chi connectivity index (χ0v) is 59.0. The van der Waals surface area contributed by atoms with E-state index in [0.29, 0.717) is 38.0 Å². The molecule has 0 bridgehead atoms. The molecule has 31 nitrogen and oxygen atoms in total. The van der Waals surface area contributed by atoms with Crippen molar-refractivity contribution in [2.45, 2.75) is 139 Å². The predicted molar refractivity (Wildman–Crippen MR) is 383 cm³/mol. The van der Waals surface area contributed by atoms with E-state index in [4.69, 9.17) is 14.2 Å². The number of unbranched alkanes of at least 4 members (excludes halogenated alkanes) is 1. The number of allylic oxidation sites excluding steroid dienone is 2. The summed E-state index contributed by atoms with van der Waals surface area (Å²) in [5, 5.41) is 58.8. The molecule has 2 aromatic heterocycles. The van der Waals surface area contributed by atoms with E-state index < -0.39 is 163 Å². The Morgan fingerprint density at radius 2 is 1.10 bits per heavy atom. The van der Waals surface area contributed by atoms with Crippen molar-refractivity contribution in [1.82, 2.24) is 52.1 Å². The number of carbonyl (C=O) groups excluding carboxylic acids is 9. The zero-order chi connectivity index (χ0) is 77.3. The summed E-state index contributed by atoms with van der Waals surface area (Å²) in [6.07, 6.45) is 2.21. The van der Waals surface area contributed by atoms with Gasteiger partial charge in [0.2, 0.25) is 41.4 Å². The molecule has 31 heteroatoms. The molecule has 0 fully saturated rings. The molecule has 1 spiro atoms. The number of pyridine rings is 2. The van der Waals surface area contributed by atoms with Crippen molar-refractivity contribution in [3.63, 3.8) is 0 Å². The number of benzene rings is 4. The fraction of sp³-hybridized carbons (Fsp3) is 0.338. The number of aliphatic carboxylic acids is 4. The lowest BCUT2D eigenvalue weighted by atomic mass is 9.70. The monoisotopic (exact) mass is 1480 g/mol. The van der Waals surface area contributed by atoms with E-state index in [1.807, 2.05) is 84.9 Å². The molecule has 2 unspecified atom stereocenters. The lowest BCUT2D eigenvalue weighted by Crippen LogP contribution is -2.59. The third-order valence-corrected chi connectivity index (χ3v) is 18.7. The average Bonchev–Trinajstić information content (AvgIpc) is 1.46. The smallest absolute Gasteiger partial charge is 0.407 e. The lowest BCUT2D eigenvalue weighted by Gasteiger charge is -2.43. The number of carboxylic acids is 4. The number of fused-ring (bicyclic) bond motifs is 9. The second kappa shape index (κ2) is 35.4. The minimum Gasteiger partial charge on any atom is -0.481 e. The largest absolute Gasteiger partial charge is 0.481 e. The van der Waals surface area contributed by atoms with Gasteiger partial charge in [-0.25, -0.2) is 9.59 Å². The van der Waals surface area contributed by atoms with Crippen molar-refractivity contribution in [2.24, 2.45) is 11.8 Å². The highest BCUT2D eigenvalue weighted by Gasteiger charge is 2.58. The Kier molecular flexibility index (Phi) is 25.6. The highest BCUT2D eigenvalue weighted by atomic mass is 16.6. The maximum atomic E-state index is 14.7. The van der Waals surface area contributed by atoms with Crippen LogP contribution in [0.25, 0.3) is 11.1 Å². The fourth-order valence-electron chi connectivity index (χ4n) is 13.6. The Balaban J connectivity index is 0.860. The molecule has 2 aliphatic heterocycles. The van der Waals surface area contributed by atoms with E-state index in [1.54, 1.807) is 42.7 Å². The third-order valence-electron chi connectivity index (χ3n) is 18.7. The van der Waals surface area contributed by atoms with Gasteiger partial charge >= 0.3 is 35.9 Å². The van der Waals surface area contributed by atoms with Gasteiger partial charge in [-0.2, -0.15) is 0 Å². The van der Waals surface area contributed by atoms with Crippen LogP contribution >= 0.6 is 0 Å². The normalized spacial score (nSPS) is 16.7. The number of hydrogen-bond donors (Lipinski definition) is 12. The Hall–Kier alpha value is -12.7. The second-order valence-electron chi connectivity index (χ2n) is 26.7. The minimum absolute atomic E-state index is 0.00209. The first-order valence-corrected chi connectivity index (χ1v) is 34.9. The molecule has 2 aliphatic carbocycles. The zero-order valence-electron chi connectivity index (χ0n) is 59.0. The van der Waals surface area contributed by atoms with E-state index in [2.05, 4.69) is 57.4 Å². The first kappa shape index (κ1) is 77.9. The van der Waals surface area contributed by atoms with Crippen molar-refractivity contribution in [1.29, 1.82) is 0 Å². The summed E-state index contributed by atoms with van der Waals surface area (Å²) in [5.41, 5.74) is 4.81. The van der Waals surface area contributed by atoms with E-state index in [-0.39, 0.29) is 59.4 Å². The molecule has 0 radical (unpaired) electrons. The van der Waals surface area contributed by atoms with Gasteiger partial charge in [-0.1, -0.05) is 98.8 Å². The average molecular weight is 1480 g/mol. The van der Waals surface area contributed by atoms with Gasteiger partial charge in [0.15, 0.2) is 5.60 Å². The van der Waals surface area contributed by atoms with Gasteiger partial charge in [-0.3, -0.25) is 67.6 Å². The number of ether oxygens (including phenoxy) is 3. The van der Waals surface area contributed by atoms with Crippen LogP contribution in [0.5, 0.6) is 5.75 Å². The molecule has 0 saturated carbocycles. The summed E-state index contributed by atoms with van der Waals surface area (Å²) in [4.78, 5) is 184. The minimum atomic E-state index is -1.87. The Labute approximate surface area is 618 Å². The highest BCUT2D eigenvalue weighted by Crippen LogP contribution is 2.57. The van der Waals surface area contributed by atoms with Crippen molar-refractivity contribution in [2.75, 3.05) is 18.5 Å². The number of rotatable bonds is 35. The molecule has 4 aliphatic rings. The van der Waals surface area contributed by atoms with Gasteiger partial charge in [0.1, 0.15) is 54.4 Å². The first-order valence-electron chi connectivity index (χ1n) is 34.9. The van der Waals surface area contributed by atoms with Gasteiger partial charge in [0.05, 0.1) is 42.1 Å². The maximum Gasteiger partial charge on any atom is 0.407 e. The van der Waals surface area contributed by atoms with Crippen LogP contribution in [0.3, 0.4) is 0 Å². The van der Waals surface area contributed by atoms with E-state index in [9.17, 15) is 82.8 Å². The Morgan fingerprint density at radius 1 is 0.565 bits per heavy atom. The SMILES string of the molecule is CC(=O)N[C@@H](CC(=O)O)C(=O)N[C@@H](CCC(=O)O)C(=O)N[C@H](C(=O)N[C@@H](CC(=O)O)C(=O)Nc1ccc2c(c1)OC1=CC(NC(=O)[C@H](CC(=O)O)NC(=O)[C@H](CCCCN(Cc3ccccn3)Cc3ccccn3)NC(=O)OCC3c4ccccc4-c4ccccc43)=CCC1C21OC(=O)c2ccccc21)C(C)C. The van der Waals surface area contributed by atoms with Gasteiger partial charge < -0.3 is 77.2 Å². The van der Waals surface area contributed by atoms with Crippen molar-refractivity contribution in [3.8, 4) is 16.9 Å². The van der Waals surface area contributed by atoms with Gasteiger partial charge in [0.25, 0.3) is 0 Å². The third kappa shape index (κ3) is 19.4. The summed E-state index contributed by atoms with van der Waals surface area (Å²) in [7, 11) is 0. The molecule has 6 aromatic rings. The number of nitrogens with one attached hydrogen (secondary N) is 8. The molecule has 564 valence electrons.